The van der Waals surface area contributed by atoms with Gasteiger partial charge < -0.3 is 4.74 Å². The Balaban J connectivity index is 2.09. The van der Waals surface area contributed by atoms with Crippen LogP contribution in [-0.4, -0.2) is 19.0 Å². The smallest absolute Gasteiger partial charge is 0.340 e. The van der Waals surface area contributed by atoms with Gasteiger partial charge in [-0.05, 0) is 48.2 Å². The Morgan fingerprint density at radius 3 is 2.28 bits per heavy atom. The second-order valence-corrected chi connectivity index (χ2v) is 7.88. The van der Waals surface area contributed by atoms with Crippen molar-refractivity contribution in [2.24, 2.45) is 0 Å². The van der Waals surface area contributed by atoms with E-state index in [1.54, 1.807) is 31.2 Å². The second kappa shape index (κ2) is 8.44. The summed E-state index contributed by atoms with van der Waals surface area (Å²) in [5.74, 6) is -0.486. The third kappa shape index (κ3) is 4.09. The molecule has 0 radical (unpaired) electrons. The van der Waals surface area contributed by atoms with E-state index in [-0.39, 0.29) is 17.1 Å². The van der Waals surface area contributed by atoms with E-state index in [1.165, 1.54) is 17.6 Å². The van der Waals surface area contributed by atoms with Crippen molar-refractivity contribution >= 4 is 46.8 Å². The summed E-state index contributed by atoms with van der Waals surface area (Å²) >= 11 is 12.1. The van der Waals surface area contributed by atoms with Crippen molar-refractivity contribution in [2.75, 3.05) is 12.0 Å². The fourth-order valence-electron chi connectivity index (χ4n) is 3.26. The number of benzene rings is 2. The van der Waals surface area contributed by atoms with Gasteiger partial charge in [0.1, 0.15) is 0 Å². The van der Waals surface area contributed by atoms with Gasteiger partial charge in [0.2, 0.25) is 0 Å². The van der Waals surface area contributed by atoms with E-state index in [0.717, 1.165) is 5.56 Å². The molecule has 0 spiro atoms. The van der Waals surface area contributed by atoms with E-state index >= 15 is 0 Å². The maximum Gasteiger partial charge on any atom is 0.340 e. The predicted molar refractivity (Wildman–Crippen MR) is 117 cm³/mol. The van der Waals surface area contributed by atoms with Crippen molar-refractivity contribution in [3.8, 4) is 0 Å². The number of hydrogen-bond donors (Lipinski definition) is 0. The highest BCUT2D eigenvalue weighted by Crippen LogP contribution is 2.37. The van der Waals surface area contributed by atoms with Crippen molar-refractivity contribution in [1.29, 1.82) is 0 Å². The zero-order chi connectivity index (χ0) is 21.3. The van der Waals surface area contributed by atoms with Crippen molar-refractivity contribution in [3.63, 3.8) is 0 Å². The maximum absolute atomic E-state index is 13.3. The van der Waals surface area contributed by atoms with E-state index in [2.05, 4.69) is 13.8 Å². The lowest BCUT2D eigenvalue weighted by Gasteiger charge is -2.18. The molecule has 1 heterocycles. The van der Waals surface area contributed by atoms with Crippen molar-refractivity contribution in [1.82, 2.24) is 0 Å². The van der Waals surface area contributed by atoms with Crippen LogP contribution in [0.15, 0.2) is 59.3 Å². The van der Waals surface area contributed by atoms with Gasteiger partial charge in [0, 0.05) is 5.70 Å². The van der Waals surface area contributed by atoms with Crippen molar-refractivity contribution in [2.45, 2.75) is 26.7 Å². The Bertz CT molecular complexity index is 1040. The molecule has 4 nitrogen and oxygen atoms in total. The molecule has 0 saturated heterocycles. The average molecular weight is 430 g/mol. The van der Waals surface area contributed by atoms with Gasteiger partial charge in [0.25, 0.3) is 5.91 Å². The number of esters is 1. The van der Waals surface area contributed by atoms with Crippen molar-refractivity contribution in [3.05, 3.63) is 80.5 Å². The van der Waals surface area contributed by atoms with Gasteiger partial charge in [-0.3, -0.25) is 9.69 Å². The lowest BCUT2D eigenvalue weighted by molar-refractivity contribution is -0.136. The molecule has 3 rings (SSSR count). The standard InChI is InChI=1S/C23H21Cl2NO3/c1-13(2)16-7-5-15(6-8-16)11-18-21(23(28)29-4)14(3)26(22(18)27)17-9-10-19(24)20(25)12-17/h5-13H,1-4H3/b18-11-. The number of ether oxygens (including phenoxy) is 1. The van der Waals surface area contributed by atoms with E-state index < -0.39 is 5.97 Å². The summed E-state index contributed by atoms with van der Waals surface area (Å²) in [5.41, 5.74) is 3.53. The van der Waals surface area contributed by atoms with Crippen LogP contribution in [0, 0.1) is 0 Å². The second-order valence-electron chi connectivity index (χ2n) is 7.07. The van der Waals surface area contributed by atoms with E-state index in [1.807, 2.05) is 24.3 Å². The van der Waals surface area contributed by atoms with E-state index in [9.17, 15) is 9.59 Å². The van der Waals surface area contributed by atoms with Gasteiger partial charge in [-0.1, -0.05) is 61.3 Å². The minimum absolute atomic E-state index is 0.233. The molecule has 150 valence electrons. The topological polar surface area (TPSA) is 46.6 Å². The summed E-state index contributed by atoms with van der Waals surface area (Å²) in [5, 5.41) is 0.712. The summed E-state index contributed by atoms with van der Waals surface area (Å²) in [6, 6.07) is 12.8. The third-order valence-electron chi connectivity index (χ3n) is 4.87. The number of nitrogens with zero attached hydrogens (tertiary/aromatic N) is 1. The van der Waals surface area contributed by atoms with Crippen LogP contribution in [-0.2, 0) is 14.3 Å². The zero-order valence-corrected chi connectivity index (χ0v) is 18.1. The molecule has 1 aliphatic heterocycles. The summed E-state index contributed by atoms with van der Waals surface area (Å²) in [4.78, 5) is 27.2. The number of halogens is 2. The van der Waals surface area contributed by atoms with Gasteiger partial charge in [0.05, 0.1) is 34.0 Å². The van der Waals surface area contributed by atoms with Gasteiger partial charge >= 0.3 is 5.97 Å². The lowest BCUT2D eigenvalue weighted by atomic mass is 9.99. The molecule has 0 aromatic heterocycles. The molecule has 1 amide bonds. The number of amides is 1. The highest BCUT2D eigenvalue weighted by atomic mass is 35.5. The van der Waals surface area contributed by atoms with E-state index in [0.29, 0.717) is 27.3 Å². The van der Waals surface area contributed by atoms with Gasteiger partial charge in [-0.2, -0.15) is 0 Å². The first-order valence-corrected chi connectivity index (χ1v) is 9.91. The molecule has 29 heavy (non-hydrogen) atoms. The van der Waals surface area contributed by atoms with Crippen LogP contribution in [0.4, 0.5) is 5.69 Å². The largest absolute Gasteiger partial charge is 0.465 e. The molecule has 2 aromatic carbocycles. The summed E-state index contributed by atoms with van der Waals surface area (Å²) in [6.45, 7) is 5.93. The summed E-state index contributed by atoms with van der Waals surface area (Å²) in [7, 11) is 1.30. The molecule has 1 aliphatic rings. The van der Waals surface area contributed by atoms with Crippen LogP contribution in [0.2, 0.25) is 10.0 Å². The Hall–Kier alpha value is -2.56. The fourth-order valence-corrected chi connectivity index (χ4v) is 3.55. The van der Waals surface area contributed by atoms with Gasteiger partial charge in [-0.15, -0.1) is 0 Å². The highest BCUT2D eigenvalue weighted by Gasteiger charge is 2.38. The molecular formula is C23H21Cl2NO3. The lowest BCUT2D eigenvalue weighted by Crippen LogP contribution is -2.24. The van der Waals surface area contributed by atoms with Crippen LogP contribution in [0.5, 0.6) is 0 Å². The van der Waals surface area contributed by atoms with E-state index in [4.69, 9.17) is 27.9 Å². The van der Waals surface area contributed by atoms with Crippen LogP contribution in [0.3, 0.4) is 0 Å². The minimum Gasteiger partial charge on any atom is -0.465 e. The molecule has 0 fully saturated rings. The first kappa shape index (κ1) is 21.2. The molecule has 0 atom stereocenters. The monoisotopic (exact) mass is 429 g/mol. The molecule has 6 heteroatoms. The fraction of sp³-hybridized carbons (Fsp3) is 0.217. The Labute approximate surface area is 180 Å². The Kier molecular flexibility index (Phi) is 6.15. The summed E-state index contributed by atoms with van der Waals surface area (Å²) in [6.07, 6.45) is 1.71. The number of methoxy groups -OCH3 is 1. The number of carbonyl (C=O) groups excluding carboxylic acids is 2. The zero-order valence-electron chi connectivity index (χ0n) is 16.6. The quantitative estimate of drug-likeness (QED) is 0.442. The number of allylic oxidation sites excluding steroid dienone is 1. The molecule has 0 saturated carbocycles. The third-order valence-corrected chi connectivity index (χ3v) is 5.60. The molecule has 0 unspecified atom stereocenters. The first-order chi connectivity index (χ1) is 13.7. The predicted octanol–water partition coefficient (Wildman–Crippen LogP) is 5.99. The number of hydrogen-bond acceptors (Lipinski definition) is 3. The number of rotatable bonds is 4. The normalized spacial score (nSPS) is 15.6. The number of anilines is 1. The molecular weight excluding hydrogens is 409 g/mol. The highest BCUT2D eigenvalue weighted by molar-refractivity contribution is 6.42. The van der Waals surface area contributed by atoms with Crippen molar-refractivity contribution < 1.29 is 14.3 Å². The van der Waals surface area contributed by atoms with Gasteiger partial charge in [-0.25, -0.2) is 4.79 Å². The van der Waals surface area contributed by atoms with Crippen LogP contribution < -0.4 is 4.90 Å². The Morgan fingerprint density at radius 2 is 1.72 bits per heavy atom. The SMILES string of the molecule is COC(=O)C1=C(C)N(c2ccc(Cl)c(Cl)c2)C(=O)/C1=C\c1ccc(C(C)C)cc1. The van der Waals surface area contributed by atoms with Crippen LogP contribution >= 0.6 is 23.2 Å². The van der Waals surface area contributed by atoms with Crippen LogP contribution in [0.1, 0.15) is 37.8 Å². The summed E-state index contributed by atoms with van der Waals surface area (Å²) < 4.78 is 4.93. The molecule has 2 aromatic rings. The average Bonchev–Trinajstić information content (AvgIpc) is 2.94. The molecule has 0 N–H and O–H groups in total. The molecule has 0 bridgehead atoms. The van der Waals surface area contributed by atoms with Crippen LogP contribution in [0.25, 0.3) is 6.08 Å². The minimum atomic E-state index is -0.566. The van der Waals surface area contributed by atoms with Gasteiger partial charge in [0.15, 0.2) is 0 Å². The number of carbonyl (C=O) groups is 2. The first-order valence-electron chi connectivity index (χ1n) is 9.15. The molecule has 0 aliphatic carbocycles. The Morgan fingerprint density at radius 1 is 1.07 bits per heavy atom. The maximum atomic E-state index is 13.3.